The molecule has 2 aromatic carbocycles. The van der Waals surface area contributed by atoms with Gasteiger partial charge in [-0.2, -0.15) is 0 Å². The number of fused-ring (bicyclic) bond motifs is 1. The number of hydrogen-bond acceptors (Lipinski definition) is 4. The Balaban J connectivity index is 1.71. The van der Waals surface area contributed by atoms with Gasteiger partial charge in [0.2, 0.25) is 0 Å². The van der Waals surface area contributed by atoms with Crippen LogP contribution >= 0.6 is 11.3 Å². The summed E-state index contributed by atoms with van der Waals surface area (Å²) in [7, 11) is 1.61. The molecule has 0 aliphatic heterocycles. The van der Waals surface area contributed by atoms with Crippen LogP contribution in [-0.2, 0) is 11.3 Å². The van der Waals surface area contributed by atoms with E-state index in [4.69, 9.17) is 9.47 Å². The number of rotatable bonds is 4. The van der Waals surface area contributed by atoms with Gasteiger partial charge < -0.3 is 9.47 Å². The summed E-state index contributed by atoms with van der Waals surface area (Å²) in [6, 6.07) is 17.3. The largest absolute Gasteiger partial charge is 0.497 e. The minimum Gasteiger partial charge on any atom is -0.497 e. The minimum atomic E-state index is -0.293. The Labute approximate surface area is 126 Å². The molecule has 0 radical (unpaired) electrons. The highest BCUT2D eigenvalue weighted by Gasteiger charge is 2.11. The zero-order valence-electron chi connectivity index (χ0n) is 11.5. The minimum absolute atomic E-state index is 0.240. The van der Waals surface area contributed by atoms with E-state index in [-0.39, 0.29) is 12.6 Å². The molecular formula is C17H14O3S. The lowest BCUT2D eigenvalue weighted by Gasteiger charge is -2.05. The van der Waals surface area contributed by atoms with Crippen molar-refractivity contribution in [3.63, 3.8) is 0 Å². The number of carbonyl (C=O) groups is 1. The van der Waals surface area contributed by atoms with Gasteiger partial charge in [0, 0.05) is 4.70 Å². The Morgan fingerprint density at radius 3 is 2.76 bits per heavy atom. The van der Waals surface area contributed by atoms with Crippen LogP contribution in [0.1, 0.15) is 15.2 Å². The number of hydrogen-bond donors (Lipinski definition) is 0. The van der Waals surface area contributed by atoms with Crippen LogP contribution in [0.5, 0.6) is 5.75 Å². The van der Waals surface area contributed by atoms with Gasteiger partial charge in [-0.3, -0.25) is 0 Å². The van der Waals surface area contributed by atoms with Crippen LogP contribution < -0.4 is 4.74 Å². The average Bonchev–Trinajstić information content (AvgIpc) is 2.97. The second-order valence-corrected chi connectivity index (χ2v) is 5.66. The Bertz CT molecular complexity index is 743. The van der Waals surface area contributed by atoms with Crippen molar-refractivity contribution in [1.82, 2.24) is 0 Å². The zero-order chi connectivity index (χ0) is 14.7. The van der Waals surface area contributed by atoms with Gasteiger partial charge in [-0.1, -0.05) is 30.3 Å². The first-order valence-corrected chi connectivity index (χ1v) is 7.36. The molecule has 3 rings (SSSR count). The maximum absolute atomic E-state index is 12.1. The maximum Gasteiger partial charge on any atom is 0.348 e. The van der Waals surface area contributed by atoms with Crippen LogP contribution in [0.15, 0.2) is 54.6 Å². The van der Waals surface area contributed by atoms with Crippen molar-refractivity contribution < 1.29 is 14.3 Å². The SMILES string of the molecule is COc1cccc(COC(=O)c2cc3ccccc3s2)c1. The molecule has 4 heteroatoms. The first-order chi connectivity index (χ1) is 10.3. The van der Waals surface area contributed by atoms with E-state index in [0.29, 0.717) is 4.88 Å². The van der Waals surface area contributed by atoms with Gasteiger partial charge in [0.25, 0.3) is 0 Å². The van der Waals surface area contributed by atoms with Crippen molar-refractivity contribution in [3.8, 4) is 5.75 Å². The molecule has 0 bridgehead atoms. The molecule has 0 unspecified atom stereocenters. The fourth-order valence-electron chi connectivity index (χ4n) is 2.06. The van der Waals surface area contributed by atoms with Crippen molar-refractivity contribution in [2.45, 2.75) is 6.61 Å². The van der Waals surface area contributed by atoms with Crippen molar-refractivity contribution in [2.24, 2.45) is 0 Å². The second kappa shape index (κ2) is 5.97. The Morgan fingerprint density at radius 2 is 1.95 bits per heavy atom. The number of esters is 1. The summed E-state index contributed by atoms with van der Waals surface area (Å²) in [6.45, 7) is 0.240. The molecule has 0 spiro atoms. The molecule has 21 heavy (non-hydrogen) atoms. The quantitative estimate of drug-likeness (QED) is 0.675. The fraction of sp³-hybridized carbons (Fsp3) is 0.118. The smallest absolute Gasteiger partial charge is 0.348 e. The number of benzene rings is 2. The maximum atomic E-state index is 12.1. The summed E-state index contributed by atoms with van der Waals surface area (Å²) in [5, 5.41) is 1.07. The standard InChI is InChI=1S/C17H14O3S/c1-19-14-7-4-5-12(9-14)11-20-17(18)16-10-13-6-2-3-8-15(13)21-16/h2-10H,11H2,1H3. The summed E-state index contributed by atoms with van der Waals surface area (Å²) >= 11 is 1.45. The van der Waals surface area contributed by atoms with Gasteiger partial charge in [0.1, 0.15) is 17.2 Å². The first-order valence-electron chi connectivity index (χ1n) is 6.55. The molecule has 0 saturated carbocycles. The van der Waals surface area contributed by atoms with Crippen LogP contribution in [0.25, 0.3) is 10.1 Å². The topological polar surface area (TPSA) is 35.5 Å². The van der Waals surface area contributed by atoms with E-state index in [1.54, 1.807) is 7.11 Å². The summed E-state index contributed by atoms with van der Waals surface area (Å²) in [5.74, 6) is 0.462. The third-order valence-electron chi connectivity index (χ3n) is 3.13. The number of thiophene rings is 1. The Morgan fingerprint density at radius 1 is 1.10 bits per heavy atom. The highest BCUT2D eigenvalue weighted by molar-refractivity contribution is 7.20. The number of ether oxygens (including phenoxy) is 2. The molecule has 0 fully saturated rings. The molecule has 1 heterocycles. The van der Waals surface area contributed by atoms with E-state index in [2.05, 4.69) is 0 Å². The molecule has 1 aromatic heterocycles. The van der Waals surface area contributed by atoms with Crippen LogP contribution in [0.3, 0.4) is 0 Å². The molecule has 0 aliphatic rings. The molecule has 3 nitrogen and oxygen atoms in total. The van der Waals surface area contributed by atoms with Gasteiger partial charge in [-0.25, -0.2) is 4.79 Å². The third kappa shape index (κ3) is 3.06. The van der Waals surface area contributed by atoms with E-state index in [1.165, 1.54) is 11.3 Å². The molecule has 0 aliphatic carbocycles. The lowest BCUT2D eigenvalue weighted by atomic mass is 10.2. The summed E-state index contributed by atoms with van der Waals surface area (Å²) in [5.41, 5.74) is 0.906. The lowest BCUT2D eigenvalue weighted by Crippen LogP contribution is -2.03. The van der Waals surface area contributed by atoms with E-state index >= 15 is 0 Å². The highest BCUT2D eigenvalue weighted by Crippen LogP contribution is 2.26. The number of methoxy groups -OCH3 is 1. The van der Waals surface area contributed by atoms with E-state index in [1.807, 2.05) is 54.6 Å². The van der Waals surface area contributed by atoms with Gasteiger partial charge in [0.15, 0.2) is 0 Å². The van der Waals surface area contributed by atoms with E-state index in [9.17, 15) is 4.79 Å². The monoisotopic (exact) mass is 298 g/mol. The van der Waals surface area contributed by atoms with Crippen molar-refractivity contribution >= 4 is 27.4 Å². The van der Waals surface area contributed by atoms with Gasteiger partial charge in [0.05, 0.1) is 7.11 Å². The average molecular weight is 298 g/mol. The van der Waals surface area contributed by atoms with Crippen LogP contribution in [0.2, 0.25) is 0 Å². The first kappa shape index (κ1) is 13.6. The van der Waals surface area contributed by atoms with Crippen LogP contribution in [0.4, 0.5) is 0 Å². The fourth-order valence-corrected chi connectivity index (χ4v) is 3.02. The summed E-state index contributed by atoms with van der Waals surface area (Å²) in [4.78, 5) is 12.7. The normalized spacial score (nSPS) is 10.5. The van der Waals surface area contributed by atoms with Crippen molar-refractivity contribution in [1.29, 1.82) is 0 Å². The second-order valence-electron chi connectivity index (χ2n) is 4.58. The molecule has 3 aromatic rings. The predicted octanol–water partition coefficient (Wildman–Crippen LogP) is 4.27. The summed E-state index contributed by atoms with van der Waals surface area (Å²) in [6.07, 6.45) is 0. The zero-order valence-corrected chi connectivity index (χ0v) is 12.4. The molecule has 106 valence electrons. The molecule has 0 atom stereocenters. The van der Waals surface area contributed by atoms with Crippen LogP contribution in [-0.4, -0.2) is 13.1 Å². The molecular weight excluding hydrogens is 284 g/mol. The van der Waals surface area contributed by atoms with Crippen LogP contribution in [0, 0.1) is 0 Å². The Kier molecular flexibility index (Phi) is 3.88. The summed E-state index contributed by atoms with van der Waals surface area (Å²) < 4.78 is 11.6. The van der Waals surface area contributed by atoms with E-state index in [0.717, 1.165) is 21.4 Å². The van der Waals surface area contributed by atoms with Gasteiger partial charge in [-0.15, -0.1) is 11.3 Å². The number of carbonyl (C=O) groups excluding carboxylic acids is 1. The molecule has 0 amide bonds. The van der Waals surface area contributed by atoms with Gasteiger partial charge in [-0.05, 0) is 35.2 Å². The van der Waals surface area contributed by atoms with Gasteiger partial charge >= 0.3 is 5.97 Å². The van der Waals surface area contributed by atoms with Crippen molar-refractivity contribution in [2.75, 3.05) is 7.11 Å². The molecule has 0 saturated heterocycles. The lowest BCUT2D eigenvalue weighted by molar-refractivity contribution is 0.0478. The van der Waals surface area contributed by atoms with E-state index < -0.39 is 0 Å². The molecule has 0 N–H and O–H groups in total. The third-order valence-corrected chi connectivity index (χ3v) is 4.23. The predicted molar refractivity (Wildman–Crippen MR) is 83.9 cm³/mol. The Hall–Kier alpha value is -2.33. The van der Waals surface area contributed by atoms with Crippen molar-refractivity contribution in [3.05, 3.63) is 65.0 Å². The highest BCUT2D eigenvalue weighted by atomic mass is 32.1.